The van der Waals surface area contributed by atoms with E-state index in [0.717, 1.165) is 26.1 Å². The second-order valence-corrected chi connectivity index (χ2v) is 8.67. The molecule has 1 heterocycles. The van der Waals surface area contributed by atoms with Gasteiger partial charge in [-0.15, -0.1) is 0 Å². The zero-order valence-corrected chi connectivity index (χ0v) is 18.9. The number of carbonyl (C=O) groups excluding carboxylic acids is 1. The predicted molar refractivity (Wildman–Crippen MR) is 121 cm³/mol. The summed E-state index contributed by atoms with van der Waals surface area (Å²) in [5.74, 6) is 0.216. The lowest BCUT2D eigenvalue weighted by atomic mass is 10.0. The van der Waals surface area contributed by atoms with Crippen LogP contribution in [0.25, 0.3) is 0 Å². The summed E-state index contributed by atoms with van der Waals surface area (Å²) in [6.45, 7) is 7.24. The second-order valence-electron chi connectivity index (χ2n) is 8.67. The van der Waals surface area contributed by atoms with E-state index in [9.17, 15) is 4.79 Å². The number of hydrogen-bond acceptors (Lipinski definition) is 2. The maximum Gasteiger partial charge on any atom is 0.232 e. The fourth-order valence-corrected chi connectivity index (χ4v) is 3.91. The van der Waals surface area contributed by atoms with Gasteiger partial charge in [0.25, 0.3) is 0 Å². The van der Waals surface area contributed by atoms with Gasteiger partial charge in [-0.2, -0.15) is 0 Å². The van der Waals surface area contributed by atoms with Crippen molar-refractivity contribution >= 4 is 12.2 Å². The minimum Gasteiger partial charge on any atom is -0.352 e. The van der Waals surface area contributed by atoms with Crippen LogP contribution in [0.2, 0.25) is 0 Å². The second kappa shape index (κ2) is 18.0. The number of nitrogens with zero attached hydrogens (tertiary/aromatic N) is 1. The van der Waals surface area contributed by atoms with Crippen LogP contribution < -0.4 is 10.6 Å². The Bertz CT molecular complexity index is 409. The molecule has 0 saturated carbocycles. The third kappa shape index (κ3) is 14.0. The van der Waals surface area contributed by atoms with Gasteiger partial charge in [-0.25, -0.2) is 0 Å². The van der Waals surface area contributed by atoms with Crippen LogP contribution in [0.4, 0.5) is 0 Å². The van der Waals surface area contributed by atoms with Gasteiger partial charge >= 0.3 is 0 Å². The highest BCUT2D eigenvalue weighted by Gasteiger charge is 2.16. The largest absolute Gasteiger partial charge is 0.352 e. The van der Waals surface area contributed by atoms with E-state index in [-0.39, 0.29) is 5.91 Å². The van der Waals surface area contributed by atoms with Crippen molar-refractivity contribution < 1.29 is 9.37 Å². The molecule has 0 aromatic rings. The first-order valence-corrected chi connectivity index (χ1v) is 12.3. The first kappa shape index (κ1) is 25.0. The highest BCUT2D eigenvalue weighted by molar-refractivity contribution is 5.75. The van der Waals surface area contributed by atoms with Gasteiger partial charge in [-0.1, -0.05) is 96.8 Å². The van der Waals surface area contributed by atoms with Gasteiger partial charge in [0.2, 0.25) is 12.2 Å². The summed E-state index contributed by atoms with van der Waals surface area (Å²) < 4.78 is 2.26. The van der Waals surface area contributed by atoms with Crippen molar-refractivity contribution in [3.05, 3.63) is 0 Å². The van der Waals surface area contributed by atoms with E-state index in [2.05, 4.69) is 29.1 Å². The highest BCUT2D eigenvalue weighted by atomic mass is 16.1. The summed E-state index contributed by atoms with van der Waals surface area (Å²) >= 11 is 0. The van der Waals surface area contributed by atoms with Crippen LogP contribution in [0.15, 0.2) is 0 Å². The van der Waals surface area contributed by atoms with E-state index in [4.69, 9.17) is 0 Å². The van der Waals surface area contributed by atoms with Crippen molar-refractivity contribution in [1.29, 1.82) is 0 Å². The van der Waals surface area contributed by atoms with E-state index < -0.39 is 0 Å². The lowest BCUT2D eigenvalue weighted by Gasteiger charge is -2.12. The van der Waals surface area contributed by atoms with E-state index in [0.29, 0.717) is 12.5 Å². The Kier molecular flexibility index (Phi) is 16.1. The maximum absolute atomic E-state index is 11.9. The van der Waals surface area contributed by atoms with Gasteiger partial charge in [-0.3, -0.25) is 14.7 Å². The van der Waals surface area contributed by atoms with Crippen LogP contribution in [0.5, 0.6) is 0 Å². The van der Waals surface area contributed by atoms with Crippen LogP contribution in [0.1, 0.15) is 117 Å². The Hall–Kier alpha value is -1.06. The average molecular weight is 395 g/mol. The molecule has 0 aromatic carbocycles. The van der Waals surface area contributed by atoms with E-state index in [1.807, 2.05) is 6.34 Å². The first-order chi connectivity index (χ1) is 13.7. The van der Waals surface area contributed by atoms with Crippen LogP contribution in [-0.4, -0.2) is 42.5 Å². The Balaban J connectivity index is 1.77. The molecule has 0 bridgehead atoms. The molecular formula is C24H48N3O+. The van der Waals surface area contributed by atoms with Gasteiger partial charge in [0.05, 0.1) is 6.54 Å². The quantitative estimate of drug-likeness (QED) is 0.228. The number of unbranched alkanes of at least 4 members (excludes halogenated alkanes) is 14. The molecule has 0 radical (unpaired) electrons. The summed E-state index contributed by atoms with van der Waals surface area (Å²) in [5.41, 5.74) is 0. The van der Waals surface area contributed by atoms with Gasteiger partial charge < -0.3 is 5.32 Å². The molecule has 0 saturated heterocycles. The van der Waals surface area contributed by atoms with Crippen LogP contribution >= 0.6 is 0 Å². The molecule has 4 heteroatoms. The van der Waals surface area contributed by atoms with Crippen molar-refractivity contribution in [1.82, 2.24) is 10.6 Å². The minimum absolute atomic E-state index is 0.216. The van der Waals surface area contributed by atoms with Crippen molar-refractivity contribution in [2.45, 2.75) is 123 Å². The number of carbonyl (C=O) groups is 1. The van der Waals surface area contributed by atoms with E-state index in [1.54, 1.807) is 0 Å². The first-order valence-electron chi connectivity index (χ1n) is 12.3. The standard InChI is InChI=1S/C24H47N3O/c1-3-4-5-6-7-8-9-10-11-12-13-14-15-16-17-18-24(28)26-21-23(2)27-20-19-25-22-27/h22-23H,3-21H2,1-2H3,(H,26,28)/p+1. The third-order valence-electron chi connectivity index (χ3n) is 5.94. The maximum atomic E-state index is 11.9. The molecule has 1 aliphatic rings. The van der Waals surface area contributed by atoms with E-state index >= 15 is 0 Å². The summed E-state index contributed by atoms with van der Waals surface area (Å²) in [6.07, 6.45) is 23.2. The van der Waals surface area contributed by atoms with E-state index in [1.165, 1.54) is 89.9 Å². The number of amides is 1. The third-order valence-corrected chi connectivity index (χ3v) is 5.94. The average Bonchev–Trinajstić information content (AvgIpc) is 3.24. The Morgan fingerprint density at radius 1 is 0.893 bits per heavy atom. The Labute approximate surface area is 174 Å². The predicted octanol–water partition coefficient (Wildman–Crippen LogP) is 5.40. The number of nitrogens with one attached hydrogen (secondary N) is 2. The molecule has 164 valence electrons. The Morgan fingerprint density at radius 3 is 1.86 bits per heavy atom. The fourth-order valence-electron chi connectivity index (χ4n) is 3.91. The van der Waals surface area contributed by atoms with Crippen LogP contribution in [-0.2, 0) is 4.79 Å². The lowest BCUT2D eigenvalue weighted by Crippen LogP contribution is -2.37. The highest BCUT2D eigenvalue weighted by Crippen LogP contribution is 2.13. The lowest BCUT2D eigenvalue weighted by molar-refractivity contribution is -0.547. The zero-order valence-electron chi connectivity index (χ0n) is 18.9. The van der Waals surface area contributed by atoms with Gasteiger partial charge in [0.1, 0.15) is 19.1 Å². The Morgan fingerprint density at radius 2 is 1.39 bits per heavy atom. The van der Waals surface area contributed by atoms with Crippen molar-refractivity contribution in [2.75, 3.05) is 19.6 Å². The van der Waals surface area contributed by atoms with Crippen LogP contribution in [0.3, 0.4) is 0 Å². The van der Waals surface area contributed by atoms with Gasteiger partial charge in [0, 0.05) is 6.42 Å². The molecule has 28 heavy (non-hydrogen) atoms. The SMILES string of the molecule is CCCCCCCCCCCCCCCCCC(=O)NCC(C)[N+]1=CNCC1. The summed E-state index contributed by atoms with van der Waals surface area (Å²) in [6, 6.07) is 0.375. The smallest absolute Gasteiger partial charge is 0.232 e. The fraction of sp³-hybridized carbons (Fsp3) is 0.917. The van der Waals surface area contributed by atoms with Crippen molar-refractivity contribution in [2.24, 2.45) is 0 Å². The molecular weight excluding hydrogens is 346 g/mol. The summed E-state index contributed by atoms with van der Waals surface area (Å²) in [4.78, 5) is 11.9. The van der Waals surface area contributed by atoms with Crippen LogP contribution in [0, 0.1) is 0 Å². The molecule has 0 aromatic heterocycles. The molecule has 1 atom stereocenters. The molecule has 2 N–H and O–H groups in total. The minimum atomic E-state index is 0.216. The number of hydrogen-bond donors (Lipinski definition) is 2. The molecule has 1 aliphatic heterocycles. The molecule has 0 spiro atoms. The molecule has 1 unspecified atom stereocenters. The van der Waals surface area contributed by atoms with Crippen molar-refractivity contribution in [3.63, 3.8) is 0 Å². The molecule has 1 amide bonds. The summed E-state index contributed by atoms with van der Waals surface area (Å²) in [7, 11) is 0. The van der Waals surface area contributed by atoms with Gasteiger partial charge in [0.15, 0.2) is 0 Å². The monoisotopic (exact) mass is 394 g/mol. The zero-order chi connectivity index (χ0) is 20.3. The molecule has 4 nitrogen and oxygen atoms in total. The molecule has 0 fully saturated rings. The van der Waals surface area contributed by atoms with Crippen molar-refractivity contribution in [3.8, 4) is 0 Å². The summed E-state index contributed by atoms with van der Waals surface area (Å²) in [5, 5.41) is 6.29. The molecule has 1 rings (SSSR count). The number of rotatable bonds is 19. The normalized spacial score (nSPS) is 14.6. The molecule has 0 aliphatic carbocycles. The topological polar surface area (TPSA) is 44.1 Å². The van der Waals surface area contributed by atoms with Gasteiger partial charge in [-0.05, 0) is 13.3 Å².